The first-order valence-electron chi connectivity index (χ1n) is 12.0. The van der Waals surface area contributed by atoms with Crippen molar-refractivity contribution in [1.82, 2.24) is 5.32 Å². The Kier molecular flexibility index (Phi) is 8.69. The van der Waals surface area contributed by atoms with E-state index in [0.717, 1.165) is 12.1 Å². The molecule has 1 heterocycles. The van der Waals surface area contributed by atoms with E-state index in [0.29, 0.717) is 41.3 Å². The summed E-state index contributed by atoms with van der Waals surface area (Å²) in [5.41, 5.74) is -0.496. The van der Waals surface area contributed by atoms with Gasteiger partial charge in [-0.1, -0.05) is 41.6 Å². The molecule has 2 atom stereocenters. The van der Waals surface area contributed by atoms with Crippen molar-refractivity contribution in [3.8, 4) is 23.3 Å². The van der Waals surface area contributed by atoms with Crippen LogP contribution in [0.2, 0.25) is 5.02 Å². The largest absolute Gasteiger partial charge is 0.476 e. The number of halogens is 3. The second-order valence-electron chi connectivity index (χ2n) is 9.04. The number of carboxylic acids is 1. The summed E-state index contributed by atoms with van der Waals surface area (Å²) in [6.45, 7) is 0. The summed E-state index contributed by atoms with van der Waals surface area (Å²) in [5, 5.41) is 22.6. The van der Waals surface area contributed by atoms with Crippen molar-refractivity contribution in [2.45, 2.75) is 43.6 Å². The van der Waals surface area contributed by atoms with Crippen LogP contribution in [0.4, 0.5) is 8.78 Å². The van der Waals surface area contributed by atoms with E-state index in [1.807, 2.05) is 0 Å². The van der Waals surface area contributed by atoms with Crippen molar-refractivity contribution in [1.29, 1.82) is 0 Å². The Morgan fingerprint density at radius 2 is 1.72 bits per heavy atom. The third kappa shape index (κ3) is 7.47. The molecule has 1 fully saturated rings. The van der Waals surface area contributed by atoms with Gasteiger partial charge in [-0.05, 0) is 67.8 Å². The molecular formula is C29H24ClF2NO6. The minimum absolute atomic E-state index is 0.0352. The van der Waals surface area contributed by atoms with E-state index >= 15 is 0 Å². The lowest BCUT2D eigenvalue weighted by atomic mass is 9.82. The number of fused-ring (bicyclic) bond motifs is 1. The van der Waals surface area contributed by atoms with Crippen molar-refractivity contribution in [3.05, 3.63) is 94.5 Å². The Hall–Kier alpha value is -4.13. The molecule has 7 nitrogen and oxygen atoms in total. The zero-order valence-corrected chi connectivity index (χ0v) is 21.3. The molecule has 0 aromatic heterocycles. The summed E-state index contributed by atoms with van der Waals surface area (Å²) >= 11 is 5.93. The van der Waals surface area contributed by atoms with Crippen LogP contribution in [0.25, 0.3) is 0 Å². The number of aliphatic carboxylic acids is 1. The third-order valence-corrected chi connectivity index (χ3v) is 6.26. The standard InChI is InChI=1S/C21H18ClF2NO2.C8H6O4/c22-16-4-1-3-14(11-16)8-10-21(27)9-2-5-17(13-21)25-20(26)15-6-7-18(23)19(24)12-15;9-7(10)8-11-5-3-1-2-4-6(5)12-8/h1,3-4,6-7,11-12,17,27H,2,5,9,13H2,(H,25,26);1-4,8H,(H,9,10)/t17-,21+;/m1./s1. The van der Waals surface area contributed by atoms with Crippen LogP contribution in [-0.4, -0.2) is 40.0 Å². The lowest BCUT2D eigenvalue weighted by molar-refractivity contribution is -0.154. The van der Waals surface area contributed by atoms with E-state index < -0.39 is 35.4 Å². The molecule has 3 N–H and O–H groups in total. The van der Waals surface area contributed by atoms with E-state index in [1.54, 1.807) is 48.5 Å². The summed E-state index contributed by atoms with van der Waals surface area (Å²) in [7, 11) is 0. The SMILES string of the molecule is O=C(N[C@@H]1CCC[C@](O)(C#Cc2cccc(Cl)c2)C1)c1ccc(F)c(F)c1.O=C(O)C1Oc2ccccc2O1. The highest BCUT2D eigenvalue weighted by atomic mass is 35.5. The summed E-state index contributed by atoms with van der Waals surface area (Å²) in [6.07, 6.45) is 0.927. The number of carbonyl (C=O) groups is 2. The zero-order valence-electron chi connectivity index (χ0n) is 20.5. The molecule has 5 rings (SSSR count). The molecule has 1 aliphatic heterocycles. The number of benzene rings is 3. The highest BCUT2D eigenvalue weighted by Crippen LogP contribution is 2.33. The lowest BCUT2D eigenvalue weighted by Gasteiger charge is -2.33. The highest BCUT2D eigenvalue weighted by Gasteiger charge is 2.34. The van der Waals surface area contributed by atoms with Gasteiger partial charge in [-0.25, -0.2) is 13.6 Å². The minimum Gasteiger partial charge on any atom is -0.476 e. The Labute approximate surface area is 228 Å². The second-order valence-corrected chi connectivity index (χ2v) is 9.48. The van der Waals surface area contributed by atoms with Crippen molar-refractivity contribution in [3.63, 3.8) is 0 Å². The van der Waals surface area contributed by atoms with Gasteiger partial charge in [-0.2, -0.15) is 0 Å². The number of para-hydroxylation sites is 2. The van der Waals surface area contributed by atoms with E-state index in [1.165, 1.54) is 6.07 Å². The predicted octanol–water partition coefficient (Wildman–Crippen LogP) is 4.94. The highest BCUT2D eigenvalue weighted by molar-refractivity contribution is 6.30. The summed E-state index contributed by atoms with van der Waals surface area (Å²) < 4.78 is 36.2. The quantitative estimate of drug-likeness (QED) is 0.395. The molecule has 0 spiro atoms. The minimum atomic E-state index is -1.23. The van der Waals surface area contributed by atoms with Crippen LogP contribution in [-0.2, 0) is 4.79 Å². The molecule has 3 aromatic carbocycles. The first-order valence-corrected chi connectivity index (χ1v) is 12.4. The van der Waals surface area contributed by atoms with Crippen LogP contribution in [0, 0.1) is 23.5 Å². The van der Waals surface area contributed by atoms with Crippen LogP contribution in [0.5, 0.6) is 11.5 Å². The summed E-state index contributed by atoms with van der Waals surface area (Å²) in [5.74, 6) is 3.06. The van der Waals surface area contributed by atoms with Crippen LogP contribution in [0.15, 0.2) is 66.7 Å². The van der Waals surface area contributed by atoms with Gasteiger partial charge in [0.2, 0.25) is 0 Å². The molecule has 0 saturated heterocycles. The smallest absolute Gasteiger partial charge is 0.387 e. The molecule has 39 heavy (non-hydrogen) atoms. The van der Waals surface area contributed by atoms with Gasteiger partial charge in [0, 0.05) is 28.6 Å². The van der Waals surface area contributed by atoms with Gasteiger partial charge < -0.3 is 25.0 Å². The Balaban J connectivity index is 0.000000243. The first-order chi connectivity index (χ1) is 18.6. The molecule has 2 aliphatic rings. The number of hydrogen-bond donors (Lipinski definition) is 3. The van der Waals surface area contributed by atoms with Gasteiger partial charge in [0.25, 0.3) is 5.91 Å². The molecule has 1 aliphatic carbocycles. The second kappa shape index (κ2) is 12.2. The van der Waals surface area contributed by atoms with Crippen LogP contribution in [0.3, 0.4) is 0 Å². The number of carboxylic acid groups (broad SMARTS) is 1. The molecule has 0 bridgehead atoms. The molecule has 202 valence electrons. The molecule has 0 radical (unpaired) electrons. The van der Waals surface area contributed by atoms with E-state index in [9.17, 15) is 23.5 Å². The molecule has 3 aromatic rings. The fourth-order valence-corrected chi connectivity index (χ4v) is 4.34. The van der Waals surface area contributed by atoms with E-state index in [4.69, 9.17) is 26.2 Å². The maximum Gasteiger partial charge on any atom is 0.387 e. The fourth-order valence-electron chi connectivity index (χ4n) is 4.15. The van der Waals surface area contributed by atoms with Crippen LogP contribution < -0.4 is 14.8 Å². The Morgan fingerprint density at radius 1 is 1.00 bits per heavy atom. The van der Waals surface area contributed by atoms with Gasteiger partial charge >= 0.3 is 12.3 Å². The number of carbonyl (C=O) groups excluding carboxylic acids is 1. The van der Waals surface area contributed by atoms with Gasteiger partial charge in [-0.3, -0.25) is 4.79 Å². The van der Waals surface area contributed by atoms with E-state index in [2.05, 4.69) is 17.2 Å². The number of aliphatic hydroxyl groups is 1. The normalized spacial score (nSPS) is 19.6. The molecule has 0 unspecified atom stereocenters. The fraction of sp³-hybridized carbons (Fsp3) is 0.241. The monoisotopic (exact) mass is 555 g/mol. The summed E-state index contributed by atoms with van der Waals surface area (Å²) in [6, 6.07) is 16.6. The van der Waals surface area contributed by atoms with Gasteiger partial charge in [0.05, 0.1) is 0 Å². The van der Waals surface area contributed by atoms with E-state index in [-0.39, 0.29) is 18.0 Å². The topological polar surface area (TPSA) is 105 Å². The number of nitrogens with one attached hydrogen (secondary N) is 1. The maximum atomic E-state index is 13.3. The molecular weight excluding hydrogens is 532 g/mol. The van der Waals surface area contributed by atoms with Crippen LogP contribution in [0.1, 0.15) is 41.6 Å². The van der Waals surface area contributed by atoms with Crippen molar-refractivity contribution in [2.24, 2.45) is 0 Å². The van der Waals surface area contributed by atoms with Gasteiger partial charge in [0.1, 0.15) is 5.60 Å². The number of ether oxygens (including phenoxy) is 2. The van der Waals surface area contributed by atoms with Crippen LogP contribution >= 0.6 is 11.6 Å². The predicted molar refractivity (Wildman–Crippen MR) is 138 cm³/mol. The summed E-state index contributed by atoms with van der Waals surface area (Å²) in [4.78, 5) is 22.7. The zero-order chi connectivity index (χ0) is 28.0. The average molecular weight is 556 g/mol. The molecule has 1 amide bonds. The third-order valence-electron chi connectivity index (χ3n) is 6.03. The number of rotatable bonds is 3. The number of hydrogen-bond acceptors (Lipinski definition) is 5. The van der Waals surface area contributed by atoms with Crippen molar-refractivity contribution >= 4 is 23.5 Å². The Bertz CT molecular complexity index is 1410. The van der Waals surface area contributed by atoms with Crippen molar-refractivity contribution < 1.29 is 38.1 Å². The first kappa shape index (κ1) is 27.9. The Morgan fingerprint density at radius 3 is 2.36 bits per heavy atom. The molecule has 1 saturated carbocycles. The van der Waals surface area contributed by atoms with Gasteiger partial charge in [0.15, 0.2) is 23.1 Å². The maximum absolute atomic E-state index is 13.3. The number of amides is 1. The van der Waals surface area contributed by atoms with Crippen molar-refractivity contribution in [2.75, 3.05) is 0 Å². The molecule has 10 heteroatoms. The van der Waals surface area contributed by atoms with Gasteiger partial charge in [-0.15, -0.1) is 0 Å². The lowest BCUT2D eigenvalue weighted by Crippen LogP contribution is -2.45. The average Bonchev–Trinajstić information content (AvgIpc) is 3.35.